The summed E-state index contributed by atoms with van der Waals surface area (Å²) in [4.78, 5) is 0. The maximum Gasteiger partial charge on any atom is 0.207 e. The first-order valence-corrected chi connectivity index (χ1v) is 7.02. The Morgan fingerprint density at radius 1 is 0.889 bits per heavy atom. The first kappa shape index (κ1) is 11.8. The molecule has 0 radical (unpaired) electrons. The van der Waals surface area contributed by atoms with E-state index in [2.05, 4.69) is 78.2 Å². The number of hydrogen-bond donors (Lipinski definition) is 0. The first-order chi connectivity index (χ1) is 8.65. The average molecular weight is 297 g/mol. The molecule has 0 bridgehead atoms. The van der Waals surface area contributed by atoms with Gasteiger partial charge in [-0.3, -0.25) is 0 Å². The molecule has 0 aromatic heterocycles. The Morgan fingerprint density at radius 2 is 1.50 bits per heavy atom. The van der Waals surface area contributed by atoms with Crippen LogP contribution in [-0.2, 0) is 0 Å². The molecular weight excluding hydrogens is 283 g/mol. The fourth-order valence-corrected chi connectivity index (χ4v) is 3.04. The Labute approximate surface area is 117 Å². The minimum atomic E-state index is 0.443. The molecule has 0 saturated carbocycles. The fourth-order valence-electron chi connectivity index (χ4n) is 2.66. The predicted molar refractivity (Wildman–Crippen MR) is 85.1 cm³/mol. The van der Waals surface area contributed by atoms with Crippen molar-refractivity contribution in [3.05, 3.63) is 57.6 Å². The maximum absolute atomic E-state index is 3.55. The zero-order valence-electron chi connectivity index (χ0n) is 10.6. The number of hydrogen-bond acceptors (Lipinski definition) is 0. The van der Waals surface area contributed by atoms with Crippen LogP contribution in [0.4, 0.5) is 0 Å². The van der Waals surface area contributed by atoms with Gasteiger partial charge in [-0.05, 0) is 30.2 Å². The summed E-state index contributed by atoms with van der Waals surface area (Å²) >= 11 is 3.55. The van der Waals surface area contributed by atoms with Gasteiger partial charge in [-0.1, -0.05) is 75.7 Å². The van der Waals surface area contributed by atoms with Crippen molar-refractivity contribution in [3.8, 4) is 0 Å². The van der Waals surface area contributed by atoms with Gasteiger partial charge in [-0.15, -0.1) is 0 Å². The van der Waals surface area contributed by atoms with Gasteiger partial charge in [-0.2, -0.15) is 0 Å². The molecular formula is C16H14BBr. The van der Waals surface area contributed by atoms with E-state index in [1.54, 1.807) is 0 Å². The lowest BCUT2D eigenvalue weighted by atomic mass is 9.41. The Bertz CT molecular complexity index is 588. The third-order valence-electron chi connectivity index (χ3n) is 3.67. The minimum Gasteiger partial charge on any atom is -0.0774 e. The van der Waals surface area contributed by atoms with Gasteiger partial charge >= 0.3 is 0 Å². The molecule has 1 aliphatic rings. The smallest absolute Gasteiger partial charge is 0.0774 e. The van der Waals surface area contributed by atoms with Gasteiger partial charge in [0, 0.05) is 4.47 Å². The summed E-state index contributed by atoms with van der Waals surface area (Å²) < 4.78 is 1.14. The second-order valence-corrected chi connectivity index (χ2v) is 5.88. The van der Waals surface area contributed by atoms with E-state index in [0.717, 1.165) is 4.47 Å². The lowest BCUT2D eigenvalue weighted by Crippen LogP contribution is -2.41. The molecule has 88 valence electrons. The topological polar surface area (TPSA) is 0 Å². The quantitative estimate of drug-likeness (QED) is 0.653. The van der Waals surface area contributed by atoms with E-state index < -0.39 is 0 Å². The van der Waals surface area contributed by atoms with Crippen LogP contribution < -0.4 is 10.9 Å². The number of fused-ring (bicyclic) bond motifs is 2. The van der Waals surface area contributed by atoms with E-state index in [0.29, 0.717) is 6.71 Å². The van der Waals surface area contributed by atoms with Crippen LogP contribution in [0.2, 0.25) is 6.82 Å². The predicted octanol–water partition coefficient (Wildman–Crippen LogP) is 3.48. The molecule has 1 heterocycles. The third kappa shape index (κ3) is 1.95. The van der Waals surface area contributed by atoms with Crippen molar-refractivity contribution in [2.75, 3.05) is 0 Å². The van der Waals surface area contributed by atoms with E-state index in [4.69, 9.17) is 0 Å². The highest BCUT2D eigenvalue weighted by Gasteiger charge is 2.20. The Hall–Kier alpha value is -1.28. The van der Waals surface area contributed by atoms with Gasteiger partial charge in [0.25, 0.3) is 0 Å². The Morgan fingerprint density at radius 3 is 2.22 bits per heavy atom. The van der Waals surface area contributed by atoms with Crippen molar-refractivity contribution in [1.29, 1.82) is 0 Å². The normalized spacial score (nSPS) is 12.9. The van der Waals surface area contributed by atoms with E-state index in [1.807, 2.05) is 0 Å². The van der Waals surface area contributed by atoms with Crippen LogP contribution in [0.25, 0.3) is 12.2 Å². The van der Waals surface area contributed by atoms with Crippen LogP contribution in [0.3, 0.4) is 0 Å². The molecule has 0 unspecified atom stereocenters. The van der Waals surface area contributed by atoms with Gasteiger partial charge in [0.1, 0.15) is 0 Å². The van der Waals surface area contributed by atoms with Crippen LogP contribution in [0, 0.1) is 6.92 Å². The van der Waals surface area contributed by atoms with Crippen LogP contribution in [0.5, 0.6) is 0 Å². The molecule has 0 spiro atoms. The molecule has 2 heteroatoms. The largest absolute Gasteiger partial charge is 0.207 e. The number of rotatable bonds is 0. The fraction of sp³-hybridized carbons (Fsp3) is 0.125. The van der Waals surface area contributed by atoms with Crippen molar-refractivity contribution in [1.82, 2.24) is 0 Å². The number of aryl methyl sites for hydroxylation is 1. The number of halogens is 1. The summed E-state index contributed by atoms with van der Waals surface area (Å²) in [6.07, 6.45) is 4.46. The van der Waals surface area contributed by atoms with Gasteiger partial charge in [-0.25, -0.2) is 0 Å². The second-order valence-electron chi connectivity index (χ2n) is 4.96. The van der Waals surface area contributed by atoms with Gasteiger partial charge in [0.15, 0.2) is 0 Å². The first-order valence-electron chi connectivity index (χ1n) is 6.23. The van der Waals surface area contributed by atoms with Gasteiger partial charge in [0.05, 0.1) is 0 Å². The summed E-state index contributed by atoms with van der Waals surface area (Å²) in [7, 11) is 0. The van der Waals surface area contributed by atoms with Crippen molar-refractivity contribution in [2.45, 2.75) is 13.7 Å². The summed E-state index contributed by atoms with van der Waals surface area (Å²) in [6, 6.07) is 13.3. The number of benzene rings is 2. The molecule has 2 aromatic carbocycles. The van der Waals surface area contributed by atoms with Crippen LogP contribution in [-0.4, -0.2) is 6.71 Å². The van der Waals surface area contributed by atoms with Crippen molar-refractivity contribution < 1.29 is 0 Å². The molecule has 1 aliphatic heterocycles. The third-order valence-corrected chi connectivity index (χ3v) is 4.16. The summed E-state index contributed by atoms with van der Waals surface area (Å²) in [6.45, 7) is 4.88. The standard InChI is InChI=1S/C16H14BBr/c1-11-3-7-15-12(9-11)4-5-13-10-14(18)6-8-16(13)17(15)2/h3-10H,1-2H3. The lowest BCUT2D eigenvalue weighted by molar-refractivity contribution is 1.48. The molecule has 0 fully saturated rings. The second kappa shape index (κ2) is 4.44. The van der Waals surface area contributed by atoms with Crippen molar-refractivity contribution >= 4 is 45.7 Å². The monoisotopic (exact) mass is 296 g/mol. The molecule has 18 heavy (non-hydrogen) atoms. The van der Waals surface area contributed by atoms with Crippen molar-refractivity contribution in [3.63, 3.8) is 0 Å². The minimum absolute atomic E-state index is 0.443. The Balaban J connectivity index is 2.23. The summed E-state index contributed by atoms with van der Waals surface area (Å²) in [5.74, 6) is 0. The van der Waals surface area contributed by atoms with Gasteiger partial charge < -0.3 is 0 Å². The van der Waals surface area contributed by atoms with Gasteiger partial charge in [0.2, 0.25) is 6.71 Å². The maximum atomic E-state index is 3.55. The van der Waals surface area contributed by atoms with Crippen molar-refractivity contribution in [2.24, 2.45) is 0 Å². The molecule has 0 saturated heterocycles. The van der Waals surface area contributed by atoms with Crippen LogP contribution in [0.15, 0.2) is 40.9 Å². The molecule has 0 nitrogen and oxygen atoms in total. The Kier molecular flexibility index (Phi) is 2.91. The zero-order valence-corrected chi connectivity index (χ0v) is 12.2. The van der Waals surface area contributed by atoms with E-state index in [9.17, 15) is 0 Å². The average Bonchev–Trinajstić information content (AvgIpc) is 2.47. The SMILES string of the molecule is CB1c2ccc(C)cc2C=Cc2cc(Br)ccc21. The molecule has 0 atom stereocenters. The highest BCUT2D eigenvalue weighted by atomic mass is 79.9. The molecule has 0 aliphatic carbocycles. The summed E-state index contributed by atoms with van der Waals surface area (Å²) in [5.41, 5.74) is 6.79. The van der Waals surface area contributed by atoms with Crippen LogP contribution >= 0.6 is 15.9 Å². The zero-order chi connectivity index (χ0) is 12.7. The molecule has 0 amide bonds. The van der Waals surface area contributed by atoms with E-state index in [1.165, 1.54) is 27.6 Å². The molecule has 3 rings (SSSR count). The highest BCUT2D eigenvalue weighted by molar-refractivity contribution is 9.10. The molecule has 0 N–H and O–H groups in total. The molecule has 2 aromatic rings. The summed E-state index contributed by atoms with van der Waals surface area (Å²) in [5, 5.41) is 0. The van der Waals surface area contributed by atoms with E-state index in [-0.39, 0.29) is 0 Å². The van der Waals surface area contributed by atoms with E-state index >= 15 is 0 Å². The van der Waals surface area contributed by atoms with Crippen LogP contribution in [0.1, 0.15) is 16.7 Å². The highest BCUT2D eigenvalue weighted by Crippen LogP contribution is 2.17. The lowest BCUT2D eigenvalue weighted by Gasteiger charge is -2.13.